The molecule has 0 aliphatic carbocycles. The minimum Gasteiger partial charge on any atom is -0.497 e. The van der Waals surface area contributed by atoms with Crippen molar-refractivity contribution in [1.29, 1.82) is 0 Å². The number of ether oxygens (including phenoxy) is 1. The Bertz CT molecular complexity index is 735. The molecule has 0 fully saturated rings. The minimum absolute atomic E-state index is 0.0179. The van der Waals surface area contributed by atoms with E-state index in [0.29, 0.717) is 29.4 Å². The predicted octanol–water partition coefficient (Wildman–Crippen LogP) is 2.33. The molecule has 0 saturated carbocycles. The van der Waals surface area contributed by atoms with Crippen molar-refractivity contribution in [2.24, 2.45) is 0 Å². The molecule has 1 heterocycles. The zero-order valence-corrected chi connectivity index (χ0v) is 15.0. The van der Waals surface area contributed by atoms with Gasteiger partial charge in [-0.1, -0.05) is 11.2 Å². The van der Waals surface area contributed by atoms with Gasteiger partial charge in [0.1, 0.15) is 11.5 Å². The molecular formula is C18H23N3O4. The SMILES string of the molecule is CCN(CC(=O)Nc1cccc(OC)c1)C(=O)Cc1c(C)noc1C. The van der Waals surface area contributed by atoms with Gasteiger partial charge >= 0.3 is 0 Å². The normalized spacial score (nSPS) is 10.4. The lowest BCUT2D eigenvalue weighted by Crippen LogP contribution is -2.38. The van der Waals surface area contributed by atoms with Crippen molar-refractivity contribution in [2.45, 2.75) is 27.2 Å². The van der Waals surface area contributed by atoms with Gasteiger partial charge < -0.3 is 19.5 Å². The van der Waals surface area contributed by atoms with Crippen LogP contribution in [-0.4, -0.2) is 42.1 Å². The Balaban J connectivity index is 1.98. The van der Waals surface area contributed by atoms with Gasteiger partial charge in [0, 0.05) is 23.9 Å². The summed E-state index contributed by atoms with van der Waals surface area (Å²) in [7, 11) is 1.56. The van der Waals surface area contributed by atoms with Gasteiger partial charge in [-0.15, -0.1) is 0 Å². The van der Waals surface area contributed by atoms with E-state index in [1.54, 1.807) is 45.2 Å². The van der Waals surface area contributed by atoms with E-state index in [2.05, 4.69) is 10.5 Å². The fourth-order valence-corrected chi connectivity index (χ4v) is 2.47. The number of methoxy groups -OCH3 is 1. The molecule has 1 aromatic heterocycles. The van der Waals surface area contributed by atoms with Gasteiger partial charge in [-0.2, -0.15) is 0 Å². The molecule has 0 radical (unpaired) electrons. The molecule has 0 aliphatic heterocycles. The van der Waals surface area contributed by atoms with Crippen LogP contribution in [0.4, 0.5) is 5.69 Å². The smallest absolute Gasteiger partial charge is 0.243 e. The summed E-state index contributed by atoms with van der Waals surface area (Å²) < 4.78 is 10.2. The average Bonchev–Trinajstić information content (AvgIpc) is 2.91. The number of anilines is 1. The summed E-state index contributed by atoms with van der Waals surface area (Å²) in [6.45, 7) is 5.83. The highest BCUT2D eigenvalue weighted by Gasteiger charge is 2.20. The third-order valence-corrected chi connectivity index (χ3v) is 3.93. The first-order chi connectivity index (χ1) is 11.9. The summed E-state index contributed by atoms with van der Waals surface area (Å²) >= 11 is 0. The highest BCUT2D eigenvalue weighted by Crippen LogP contribution is 2.17. The average molecular weight is 345 g/mol. The van der Waals surface area contributed by atoms with Gasteiger partial charge in [0.25, 0.3) is 0 Å². The molecule has 0 spiro atoms. The lowest BCUT2D eigenvalue weighted by atomic mass is 10.1. The van der Waals surface area contributed by atoms with Gasteiger partial charge in [-0.25, -0.2) is 0 Å². The van der Waals surface area contributed by atoms with Crippen LogP contribution in [0.3, 0.4) is 0 Å². The molecule has 0 bridgehead atoms. The van der Waals surface area contributed by atoms with E-state index >= 15 is 0 Å². The van der Waals surface area contributed by atoms with Crippen LogP contribution >= 0.6 is 0 Å². The van der Waals surface area contributed by atoms with Gasteiger partial charge in [-0.05, 0) is 32.9 Å². The predicted molar refractivity (Wildman–Crippen MR) is 93.6 cm³/mol. The number of benzene rings is 1. The Hall–Kier alpha value is -2.83. The zero-order chi connectivity index (χ0) is 18.4. The number of aromatic nitrogens is 1. The van der Waals surface area contributed by atoms with E-state index in [-0.39, 0.29) is 24.8 Å². The van der Waals surface area contributed by atoms with E-state index in [0.717, 1.165) is 5.56 Å². The molecule has 1 N–H and O–H groups in total. The molecule has 0 saturated heterocycles. The number of nitrogens with one attached hydrogen (secondary N) is 1. The largest absolute Gasteiger partial charge is 0.497 e. The molecule has 7 nitrogen and oxygen atoms in total. The molecular weight excluding hydrogens is 322 g/mol. The topological polar surface area (TPSA) is 84.7 Å². The second-order valence-electron chi connectivity index (χ2n) is 5.67. The Morgan fingerprint density at radius 1 is 1.32 bits per heavy atom. The van der Waals surface area contributed by atoms with Crippen LogP contribution in [0.2, 0.25) is 0 Å². The molecule has 0 unspecified atom stereocenters. The van der Waals surface area contributed by atoms with Crippen molar-refractivity contribution in [3.05, 3.63) is 41.3 Å². The molecule has 1 aromatic carbocycles. The number of hydrogen-bond donors (Lipinski definition) is 1. The van der Waals surface area contributed by atoms with E-state index in [1.165, 1.54) is 4.90 Å². The van der Waals surface area contributed by atoms with E-state index < -0.39 is 0 Å². The monoisotopic (exact) mass is 345 g/mol. The Kier molecular flexibility index (Phi) is 6.16. The van der Waals surface area contributed by atoms with Crippen molar-refractivity contribution in [2.75, 3.05) is 25.5 Å². The molecule has 2 aromatic rings. The Morgan fingerprint density at radius 2 is 2.08 bits per heavy atom. The van der Waals surface area contributed by atoms with Crippen LogP contribution in [-0.2, 0) is 16.0 Å². The Labute approximate surface area is 146 Å². The summed E-state index contributed by atoms with van der Waals surface area (Å²) in [6, 6.07) is 7.07. The zero-order valence-electron chi connectivity index (χ0n) is 15.0. The number of amides is 2. The molecule has 7 heteroatoms. The number of carbonyl (C=O) groups is 2. The maximum absolute atomic E-state index is 12.5. The third kappa shape index (κ3) is 4.82. The number of rotatable bonds is 7. The van der Waals surface area contributed by atoms with Crippen LogP contribution < -0.4 is 10.1 Å². The van der Waals surface area contributed by atoms with Crippen LogP contribution in [0.15, 0.2) is 28.8 Å². The standard InChI is InChI=1S/C18H23N3O4/c1-5-21(18(23)10-16-12(2)20-25-13(16)3)11-17(22)19-14-7-6-8-15(9-14)24-4/h6-9H,5,10-11H2,1-4H3,(H,19,22). The van der Waals surface area contributed by atoms with Gasteiger partial charge in [0.2, 0.25) is 11.8 Å². The number of carbonyl (C=O) groups excluding carboxylic acids is 2. The second kappa shape index (κ2) is 8.32. The van der Waals surface area contributed by atoms with Crippen molar-refractivity contribution >= 4 is 17.5 Å². The maximum atomic E-state index is 12.5. The molecule has 134 valence electrons. The number of aryl methyl sites for hydroxylation is 2. The van der Waals surface area contributed by atoms with Crippen LogP contribution in [0.25, 0.3) is 0 Å². The summed E-state index contributed by atoms with van der Waals surface area (Å²) in [5, 5.41) is 6.62. The Morgan fingerprint density at radius 3 is 2.68 bits per heavy atom. The van der Waals surface area contributed by atoms with Gasteiger partial charge in [0.15, 0.2) is 0 Å². The van der Waals surface area contributed by atoms with E-state index in [4.69, 9.17) is 9.26 Å². The first-order valence-electron chi connectivity index (χ1n) is 8.08. The molecule has 2 amide bonds. The third-order valence-electron chi connectivity index (χ3n) is 3.93. The van der Waals surface area contributed by atoms with E-state index in [9.17, 15) is 9.59 Å². The quantitative estimate of drug-likeness (QED) is 0.832. The summed E-state index contributed by atoms with van der Waals surface area (Å²) in [4.78, 5) is 26.2. The highest BCUT2D eigenvalue weighted by atomic mass is 16.5. The lowest BCUT2D eigenvalue weighted by Gasteiger charge is -2.20. The van der Waals surface area contributed by atoms with Crippen LogP contribution in [0, 0.1) is 13.8 Å². The number of hydrogen-bond acceptors (Lipinski definition) is 5. The highest BCUT2D eigenvalue weighted by molar-refractivity contribution is 5.95. The van der Waals surface area contributed by atoms with Crippen molar-refractivity contribution in [1.82, 2.24) is 10.1 Å². The minimum atomic E-state index is -0.262. The lowest BCUT2D eigenvalue weighted by molar-refractivity contribution is -0.133. The summed E-state index contributed by atoms with van der Waals surface area (Å²) in [5.74, 6) is 0.877. The molecule has 25 heavy (non-hydrogen) atoms. The number of nitrogens with zero attached hydrogens (tertiary/aromatic N) is 2. The fourth-order valence-electron chi connectivity index (χ4n) is 2.47. The van der Waals surface area contributed by atoms with Crippen LogP contribution in [0.1, 0.15) is 23.9 Å². The van der Waals surface area contributed by atoms with E-state index in [1.807, 2.05) is 6.92 Å². The molecule has 2 rings (SSSR count). The van der Waals surface area contributed by atoms with Crippen LogP contribution in [0.5, 0.6) is 5.75 Å². The number of likely N-dealkylation sites (N-methyl/N-ethyl adjacent to an activating group) is 1. The second-order valence-corrected chi connectivity index (χ2v) is 5.67. The molecule has 0 atom stereocenters. The first kappa shape index (κ1) is 18.5. The van der Waals surface area contributed by atoms with Crippen molar-refractivity contribution in [3.63, 3.8) is 0 Å². The van der Waals surface area contributed by atoms with Crippen molar-refractivity contribution in [3.8, 4) is 5.75 Å². The van der Waals surface area contributed by atoms with Gasteiger partial charge in [-0.3, -0.25) is 9.59 Å². The fraction of sp³-hybridized carbons (Fsp3) is 0.389. The maximum Gasteiger partial charge on any atom is 0.243 e. The molecule has 0 aliphatic rings. The van der Waals surface area contributed by atoms with Gasteiger partial charge in [0.05, 0.1) is 25.8 Å². The summed E-state index contributed by atoms with van der Waals surface area (Å²) in [5.41, 5.74) is 2.10. The first-order valence-corrected chi connectivity index (χ1v) is 8.08. The van der Waals surface area contributed by atoms with Crippen molar-refractivity contribution < 1.29 is 18.8 Å². The summed E-state index contributed by atoms with van der Waals surface area (Å²) in [6.07, 6.45) is 0.168.